The van der Waals surface area contributed by atoms with E-state index in [0.717, 1.165) is 6.07 Å². The summed E-state index contributed by atoms with van der Waals surface area (Å²) in [6, 6.07) is 4.06. The maximum atomic E-state index is 14.2. The molecule has 21 heavy (non-hydrogen) atoms. The Morgan fingerprint density at radius 3 is 2.38 bits per heavy atom. The lowest BCUT2D eigenvalue weighted by Gasteiger charge is -2.40. The van der Waals surface area contributed by atoms with E-state index >= 15 is 0 Å². The normalized spacial score (nSPS) is 14.0. The largest absolute Gasteiger partial charge is 0.466 e. The zero-order valence-electron chi connectivity index (χ0n) is 13.1. The van der Waals surface area contributed by atoms with E-state index in [-0.39, 0.29) is 18.6 Å². The van der Waals surface area contributed by atoms with Crippen molar-refractivity contribution in [1.29, 1.82) is 0 Å². The molecular formula is C16H23F2NO2. The molecule has 0 saturated carbocycles. The zero-order valence-corrected chi connectivity index (χ0v) is 13.1. The van der Waals surface area contributed by atoms with Gasteiger partial charge in [-0.15, -0.1) is 0 Å². The van der Waals surface area contributed by atoms with Gasteiger partial charge in [0.1, 0.15) is 0 Å². The minimum Gasteiger partial charge on any atom is -0.466 e. The highest BCUT2D eigenvalue weighted by molar-refractivity contribution is 5.71. The number of carbonyl (C=O) groups is 1. The second kappa shape index (κ2) is 7.50. The Bertz CT molecular complexity index is 489. The monoisotopic (exact) mass is 299 g/mol. The molecule has 0 heterocycles. The number of rotatable bonds is 7. The molecule has 0 saturated heterocycles. The van der Waals surface area contributed by atoms with E-state index in [1.807, 2.05) is 18.7 Å². The molecule has 118 valence electrons. The molecule has 0 aliphatic carbocycles. The van der Waals surface area contributed by atoms with Crippen LogP contribution in [0.1, 0.15) is 39.7 Å². The highest BCUT2D eigenvalue weighted by atomic mass is 19.2. The molecule has 3 nitrogen and oxygen atoms in total. The van der Waals surface area contributed by atoms with Gasteiger partial charge < -0.3 is 4.74 Å². The molecule has 1 atom stereocenters. The summed E-state index contributed by atoms with van der Waals surface area (Å²) in [5.41, 5.74) is -0.763. The Morgan fingerprint density at radius 2 is 1.86 bits per heavy atom. The molecule has 1 rings (SSSR count). The minimum atomic E-state index is -0.943. The van der Waals surface area contributed by atoms with E-state index in [1.165, 1.54) is 12.1 Å². The number of nitrogens with zero attached hydrogens (tertiary/aromatic N) is 1. The Labute approximate surface area is 124 Å². The van der Waals surface area contributed by atoms with E-state index in [2.05, 4.69) is 0 Å². The van der Waals surface area contributed by atoms with Gasteiger partial charge in [0, 0.05) is 5.56 Å². The lowest BCUT2D eigenvalue weighted by Crippen LogP contribution is -2.46. The van der Waals surface area contributed by atoms with Crippen molar-refractivity contribution in [2.45, 2.75) is 39.7 Å². The average molecular weight is 299 g/mol. The fourth-order valence-electron chi connectivity index (χ4n) is 2.71. The fraction of sp³-hybridized carbons (Fsp3) is 0.562. The molecule has 0 aromatic heterocycles. The van der Waals surface area contributed by atoms with Crippen LogP contribution < -0.4 is 0 Å². The van der Waals surface area contributed by atoms with Crippen LogP contribution in [-0.4, -0.2) is 30.6 Å². The predicted molar refractivity (Wildman–Crippen MR) is 77.9 cm³/mol. The highest BCUT2D eigenvalue weighted by Crippen LogP contribution is 2.34. The molecule has 0 aliphatic heterocycles. The van der Waals surface area contributed by atoms with Gasteiger partial charge in [-0.05, 0) is 33.0 Å². The smallest absolute Gasteiger partial charge is 0.308 e. The van der Waals surface area contributed by atoms with Crippen molar-refractivity contribution in [3.63, 3.8) is 0 Å². The Balaban J connectivity index is 3.30. The molecule has 0 aliphatic rings. The summed E-state index contributed by atoms with van der Waals surface area (Å²) in [5.74, 6) is -2.23. The number of esters is 1. The van der Waals surface area contributed by atoms with Crippen LogP contribution in [0.25, 0.3) is 0 Å². The maximum absolute atomic E-state index is 14.2. The van der Waals surface area contributed by atoms with Crippen molar-refractivity contribution >= 4 is 5.97 Å². The average Bonchev–Trinajstić information content (AvgIpc) is 2.43. The van der Waals surface area contributed by atoms with Crippen molar-refractivity contribution < 1.29 is 18.3 Å². The summed E-state index contributed by atoms with van der Waals surface area (Å²) in [5, 5.41) is 0. The van der Waals surface area contributed by atoms with Gasteiger partial charge in [0.25, 0.3) is 0 Å². The number of halogens is 2. The van der Waals surface area contributed by atoms with Gasteiger partial charge >= 0.3 is 5.97 Å². The van der Waals surface area contributed by atoms with Gasteiger partial charge in [0.2, 0.25) is 0 Å². The first kappa shape index (κ1) is 17.6. The van der Waals surface area contributed by atoms with Crippen molar-refractivity contribution in [2.24, 2.45) is 0 Å². The molecule has 0 fully saturated rings. The molecule has 0 N–H and O–H groups in total. The van der Waals surface area contributed by atoms with Crippen LogP contribution >= 0.6 is 0 Å². The number of ether oxygens (including phenoxy) is 1. The van der Waals surface area contributed by atoms with E-state index in [9.17, 15) is 13.6 Å². The minimum absolute atomic E-state index is 0.0249. The highest BCUT2D eigenvalue weighted by Gasteiger charge is 2.38. The third kappa shape index (κ3) is 3.79. The summed E-state index contributed by atoms with van der Waals surface area (Å²) in [6.45, 7) is 8.79. The van der Waals surface area contributed by atoms with Gasteiger partial charge in [-0.2, -0.15) is 0 Å². The summed E-state index contributed by atoms with van der Waals surface area (Å²) in [7, 11) is 0. The first-order valence-electron chi connectivity index (χ1n) is 7.25. The van der Waals surface area contributed by atoms with Crippen molar-refractivity contribution in [2.75, 3.05) is 19.7 Å². The van der Waals surface area contributed by atoms with Crippen LogP contribution in [0, 0.1) is 11.6 Å². The third-order valence-corrected chi connectivity index (χ3v) is 3.79. The van der Waals surface area contributed by atoms with E-state index in [0.29, 0.717) is 13.1 Å². The zero-order chi connectivity index (χ0) is 16.0. The molecule has 0 amide bonds. The van der Waals surface area contributed by atoms with Crippen LogP contribution in [0.15, 0.2) is 18.2 Å². The number of carbonyl (C=O) groups excluding carboxylic acids is 1. The van der Waals surface area contributed by atoms with Crippen molar-refractivity contribution in [3.05, 3.63) is 35.4 Å². The molecule has 0 radical (unpaired) electrons. The Kier molecular flexibility index (Phi) is 6.27. The molecule has 1 aromatic rings. The standard InChI is InChI=1S/C16H23F2NO2/c1-5-19(6-2)16(4,11-14(20)21-7-3)12-9-8-10-13(17)15(12)18/h8-10H,5-7,11H2,1-4H3. The van der Waals surface area contributed by atoms with Crippen LogP contribution in [0.5, 0.6) is 0 Å². The SMILES string of the molecule is CCOC(=O)CC(C)(c1cccc(F)c1F)N(CC)CC. The lowest BCUT2D eigenvalue weighted by molar-refractivity contribution is -0.146. The van der Waals surface area contributed by atoms with E-state index < -0.39 is 23.1 Å². The first-order valence-corrected chi connectivity index (χ1v) is 7.25. The van der Waals surface area contributed by atoms with E-state index in [1.54, 1.807) is 13.8 Å². The quantitative estimate of drug-likeness (QED) is 0.722. The molecule has 1 aromatic carbocycles. The molecular weight excluding hydrogens is 276 g/mol. The van der Waals surface area contributed by atoms with Crippen LogP contribution in [-0.2, 0) is 15.1 Å². The van der Waals surface area contributed by atoms with Crippen LogP contribution in [0.3, 0.4) is 0 Å². The predicted octanol–water partition coefficient (Wildman–Crippen LogP) is 3.48. The second-order valence-corrected chi connectivity index (χ2v) is 5.03. The third-order valence-electron chi connectivity index (χ3n) is 3.79. The van der Waals surface area contributed by atoms with Crippen LogP contribution in [0.4, 0.5) is 8.78 Å². The molecule has 5 heteroatoms. The van der Waals surface area contributed by atoms with Gasteiger partial charge in [0.05, 0.1) is 18.6 Å². The van der Waals surface area contributed by atoms with E-state index in [4.69, 9.17) is 4.74 Å². The Morgan fingerprint density at radius 1 is 1.24 bits per heavy atom. The van der Waals surface area contributed by atoms with Crippen molar-refractivity contribution in [1.82, 2.24) is 4.90 Å². The lowest BCUT2D eigenvalue weighted by atomic mass is 9.86. The van der Waals surface area contributed by atoms with Crippen molar-refractivity contribution in [3.8, 4) is 0 Å². The number of benzene rings is 1. The van der Waals surface area contributed by atoms with Gasteiger partial charge in [-0.25, -0.2) is 8.78 Å². The number of hydrogen-bond donors (Lipinski definition) is 0. The molecule has 0 spiro atoms. The summed E-state index contributed by atoms with van der Waals surface area (Å²) in [4.78, 5) is 13.8. The Hall–Kier alpha value is -1.49. The van der Waals surface area contributed by atoms with Crippen LogP contribution in [0.2, 0.25) is 0 Å². The van der Waals surface area contributed by atoms with Gasteiger partial charge in [0.15, 0.2) is 11.6 Å². The molecule has 0 bridgehead atoms. The summed E-state index contributed by atoms with van der Waals surface area (Å²) in [6.07, 6.45) is -0.0249. The number of hydrogen-bond acceptors (Lipinski definition) is 3. The fourth-order valence-corrected chi connectivity index (χ4v) is 2.71. The topological polar surface area (TPSA) is 29.5 Å². The van der Waals surface area contributed by atoms with Gasteiger partial charge in [-0.1, -0.05) is 26.0 Å². The first-order chi connectivity index (χ1) is 9.90. The van der Waals surface area contributed by atoms with Gasteiger partial charge in [-0.3, -0.25) is 9.69 Å². The summed E-state index contributed by atoms with van der Waals surface area (Å²) < 4.78 is 32.8. The second-order valence-electron chi connectivity index (χ2n) is 5.03. The summed E-state index contributed by atoms with van der Waals surface area (Å²) >= 11 is 0. The molecule has 1 unspecified atom stereocenters. The maximum Gasteiger partial charge on any atom is 0.308 e.